The third kappa shape index (κ3) is 5.55. The second kappa shape index (κ2) is 9.85. The van der Waals surface area contributed by atoms with Crippen LogP contribution < -0.4 is 10.2 Å². The molecule has 5 nitrogen and oxygen atoms in total. The number of carbonyl (C=O) groups is 1. The predicted octanol–water partition coefficient (Wildman–Crippen LogP) is 5.88. The smallest absolute Gasteiger partial charge is 0.256 e. The Kier molecular flexibility index (Phi) is 7.23. The van der Waals surface area contributed by atoms with Crippen LogP contribution in [0.5, 0.6) is 0 Å². The molecule has 0 aliphatic rings. The normalized spacial score (nSPS) is 10.8. The largest absolute Gasteiger partial charge is 0.431 e. The van der Waals surface area contributed by atoms with Crippen LogP contribution in [0, 0.1) is 6.92 Å². The second-order valence-electron chi connectivity index (χ2n) is 6.51. The number of amides is 1. The van der Waals surface area contributed by atoms with E-state index in [1.165, 1.54) is 11.8 Å². The summed E-state index contributed by atoms with van der Waals surface area (Å²) < 4.78 is 5.72. The predicted molar refractivity (Wildman–Crippen MR) is 121 cm³/mol. The monoisotopic (exact) mass is 429 g/mol. The Hall–Kier alpha value is -2.44. The van der Waals surface area contributed by atoms with E-state index in [2.05, 4.69) is 35.1 Å². The Morgan fingerprint density at radius 3 is 2.69 bits per heavy atom. The molecule has 0 saturated heterocycles. The summed E-state index contributed by atoms with van der Waals surface area (Å²) in [6.45, 7) is 8.16. The molecular weight excluding hydrogens is 406 g/mol. The average molecular weight is 430 g/mol. The highest BCUT2D eigenvalue weighted by molar-refractivity contribution is 7.99. The summed E-state index contributed by atoms with van der Waals surface area (Å²) >= 11 is 7.27. The van der Waals surface area contributed by atoms with Gasteiger partial charge in [0.05, 0.1) is 11.9 Å². The number of benzene rings is 2. The Morgan fingerprint density at radius 1 is 1.21 bits per heavy atom. The lowest BCUT2D eigenvalue weighted by atomic mass is 10.1. The fraction of sp³-hybridized carbons (Fsp3) is 0.273. The minimum atomic E-state index is -0.101. The molecule has 1 aromatic heterocycles. The molecular formula is C22H24ClN3O2S. The maximum Gasteiger partial charge on any atom is 0.256 e. The van der Waals surface area contributed by atoms with Crippen molar-refractivity contribution in [1.82, 2.24) is 4.98 Å². The summed E-state index contributed by atoms with van der Waals surface area (Å²) in [7, 11) is 0. The first-order chi connectivity index (χ1) is 14.0. The molecule has 0 saturated carbocycles. The van der Waals surface area contributed by atoms with E-state index < -0.39 is 0 Å². The van der Waals surface area contributed by atoms with Crippen molar-refractivity contribution in [2.45, 2.75) is 26.0 Å². The quantitative estimate of drug-likeness (QED) is 0.453. The van der Waals surface area contributed by atoms with E-state index >= 15 is 0 Å². The second-order valence-corrected chi connectivity index (χ2v) is 7.87. The molecule has 0 unspecified atom stereocenters. The molecule has 0 aliphatic heterocycles. The van der Waals surface area contributed by atoms with Crippen LogP contribution in [0.2, 0.25) is 5.02 Å². The average Bonchev–Trinajstić information content (AvgIpc) is 3.18. The van der Waals surface area contributed by atoms with Crippen molar-refractivity contribution >= 4 is 40.6 Å². The zero-order valence-corrected chi connectivity index (χ0v) is 18.3. The molecule has 1 heterocycles. The van der Waals surface area contributed by atoms with E-state index in [1.54, 1.807) is 12.3 Å². The van der Waals surface area contributed by atoms with Gasteiger partial charge in [-0.3, -0.25) is 4.79 Å². The summed E-state index contributed by atoms with van der Waals surface area (Å²) in [6.07, 6.45) is 1.64. The molecule has 3 aromatic rings. The molecule has 0 spiro atoms. The molecule has 29 heavy (non-hydrogen) atoms. The Bertz CT molecular complexity index is 986. The lowest BCUT2D eigenvalue weighted by molar-refractivity contribution is -0.113. The number of nitrogens with one attached hydrogen (secondary N) is 1. The first kappa shape index (κ1) is 21.3. The molecule has 1 amide bonds. The standard InChI is InChI=1S/C22H24ClN3O2S/c1-4-26(5-2)18-9-10-19(15(3)11-18)25-21(27)14-29-22-24-13-20(28-22)16-7-6-8-17(23)12-16/h6-13H,4-5,14H2,1-3H3,(H,25,27). The Labute approximate surface area is 180 Å². The summed E-state index contributed by atoms with van der Waals surface area (Å²) in [6, 6.07) is 13.5. The summed E-state index contributed by atoms with van der Waals surface area (Å²) in [5, 5.41) is 4.05. The van der Waals surface area contributed by atoms with Crippen molar-refractivity contribution in [1.29, 1.82) is 0 Å². The van der Waals surface area contributed by atoms with Crippen LogP contribution in [0.15, 0.2) is 58.3 Å². The highest BCUT2D eigenvalue weighted by atomic mass is 35.5. The topological polar surface area (TPSA) is 58.4 Å². The molecule has 1 N–H and O–H groups in total. The van der Waals surface area contributed by atoms with Gasteiger partial charge in [0.15, 0.2) is 5.76 Å². The van der Waals surface area contributed by atoms with E-state index in [-0.39, 0.29) is 11.7 Å². The molecule has 152 valence electrons. The van der Waals surface area contributed by atoms with Crippen LogP contribution in [0.25, 0.3) is 11.3 Å². The van der Waals surface area contributed by atoms with Gasteiger partial charge in [-0.05, 0) is 56.7 Å². The summed E-state index contributed by atoms with van der Waals surface area (Å²) in [5.74, 6) is 0.738. The number of carbonyl (C=O) groups excluding carboxylic acids is 1. The molecule has 0 aliphatic carbocycles. The van der Waals surface area contributed by atoms with Crippen LogP contribution in [-0.2, 0) is 4.79 Å². The minimum Gasteiger partial charge on any atom is -0.431 e. The lowest BCUT2D eigenvalue weighted by Crippen LogP contribution is -2.22. The van der Waals surface area contributed by atoms with Gasteiger partial charge in [0.1, 0.15) is 0 Å². The molecule has 0 radical (unpaired) electrons. The summed E-state index contributed by atoms with van der Waals surface area (Å²) in [5.41, 5.74) is 3.86. The number of nitrogens with zero attached hydrogens (tertiary/aromatic N) is 2. The van der Waals surface area contributed by atoms with Gasteiger partial charge < -0.3 is 14.6 Å². The van der Waals surface area contributed by atoms with E-state index in [0.29, 0.717) is 16.0 Å². The van der Waals surface area contributed by atoms with Gasteiger partial charge in [0, 0.05) is 35.1 Å². The number of rotatable bonds is 8. The van der Waals surface area contributed by atoms with Gasteiger partial charge in [-0.25, -0.2) is 4.98 Å². The molecule has 0 atom stereocenters. The molecule has 0 fully saturated rings. The number of aryl methyl sites for hydroxylation is 1. The van der Waals surface area contributed by atoms with Gasteiger partial charge in [-0.15, -0.1) is 0 Å². The third-order valence-corrected chi connectivity index (χ3v) is 5.61. The van der Waals surface area contributed by atoms with Crippen molar-refractivity contribution in [2.24, 2.45) is 0 Å². The van der Waals surface area contributed by atoms with Crippen molar-refractivity contribution in [3.63, 3.8) is 0 Å². The van der Waals surface area contributed by atoms with Gasteiger partial charge in [-0.1, -0.05) is 35.5 Å². The highest BCUT2D eigenvalue weighted by Crippen LogP contribution is 2.28. The number of aromatic nitrogens is 1. The zero-order chi connectivity index (χ0) is 20.8. The lowest BCUT2D eigenvalue weighted by Gasteiger charge is -2.22. The maximum absolute atomic E-state index is 12.4. The van der Waals surface area contributed by atoms with E-state index in [1.807, 2.05) is 37.3 Å². The van der Waals surface area contributed by atoms with Crippen molar-refractivity contribution < 1.29 is 9.21 Å². The SMILES string of the molecule is CCN(CC)c1ccc(NC(=O)CSc2ncc(-c3cccc(Cl)c3)o2)c(C)c1. The molecule has 2 aromatic carbocycles. The highest BCUT2D eigenvalue weighted by Gasteiger charge is 2.12. The van der Waals surface area contributed by atoms with Crippen LogP contribution >= 0.6 is 23.4 Å². The number of thioether (sulfide) groups is 1. The van der Waals surface area contributed by atoms with Crippen LogP contribution in [0.1, 0.15) is 19.4 Å². The number of halogens is 1. The van der Waals surface area contributed by atoms with Gasteiger partial charge in [0.25, 0.3) is 5.22 Å². The van der Waals surface area contributed by atoms with E-state index in [4.69, 9.17) is 16.0 Å². The number of oxazole rings is 1. The fourth-order valence-electron chi connectivity index (χ4n) is 2.99. The van der Waals surface area contributed by atoms with Gasteiger partial charge in [-0.2, -0.15) is 0 Å². The molecule has 0 bridgehead atoms. The fourth-order valence-corrected chi connectivity index (χ4v) is 3.78. The number of hydrogen-bond acceptors (Lipinski definition) is 5. The Morgan fingerprint density at radius 2 is 2.00 bits per heavy atom. The first-order valence-corrected chi connectivity index (χ1v) is 10.9. The summed E-state index contributed by atoms with van der Waals surface area (Å²) in [4.78, 5) is 18.9. The number of anilines is 2. The van der Waals surface area contributed by atoms with E-state index in [9.17, 15) is 4.79 Å². The van der Waals surface area contributed by atoms with Crippen LogP contribution in [0.3, 0.4) is 0 Å². The number of hydrogen-bond donors (Lipinski definition) is 1. The molecule has 7 heteroatoms. The zero-order valence-electron chi connectivity index (χ0n) is 16.7. The van der Waals surface area contributed by atoms with Crippen LogP contribution in [-0.4, -0.2) is 29.7 Å². The minimum absolute atomic E-state index is 0.101. The Balaban J connectivity index is 1.58. The van der Waals surface area contributed by atoms with Gasteiger partial charge in [0.2, 0.25) is 5.91 Å². The molecule has 3 rings (SSSR count). The van der Waals surface area contributed by atoms with E-state index in [0.717, 1.165) is 35.6 Å². The third-order valence-electron chi connectivity index (χ3n) is 4.53. The van der Waals surface area contributed by atoms with Crippen molar-refractivity contribution in [3.05, 3.63) is 59.2 Å². The van der Waals surface area contributed by atoms with Crippen LogP contribution in [0.4, 0.5) is 11.4 Å². The van der Waals surface area contributed by atoms with Crippen molar-refractivity contribution in [2.75, 3.05) is 29.1 Å². The van der Waals surface area contributed by atoms with Gasteiger partial charge >= 0.3 is 0 Å². The maximum atomic E-state index is 12.4. The van der Waals surface area contributed by atoms with Crippen molar-refractivity contribution in [3.8, 4) is 11.3 Å². The first-order valence-electron chi connectivity index (χ1n) is 9.50.